The van der Waals surface area contributed by atoms with E-state index < -0.39 is 0 Å². The van der Waals surface area contributed by atoms with E-state index in [4.69, 9.17) is 34.9 Å². The lowest BCUT2D eigenvalue weighted by Gasteiger charge is -2.13. The Labute approximate surface area is 267 Å². The number of hydrogen-bond acceptors (Lipinski definition) is 7. The second-order valence-electron chi connectivity index (χ2n) is 11.5. The normalized spacial score (nSPS) is 11.8. The first-order valence-corrected chi connectivity index (χ1v) is 15.3. The molecule has 0 unspecified atom stereocenters. The van der Waals surface area contributed by atoms with Gasteiger partial charge < -0.3 is 0 Å². The molecule has 0 aliphatic rings. The van der Waals surface area contributed by atoms with E-state index in [0.717, 1.165) is 76.5 Å². The average molecular weight is 603 g/mol. The van der Waals surface area contributed by atoms with Crippen LogP contribution in [0.1, 0.15) is 0 Å². The zero-order valence-corrected chi connectivity index (χ0v) is 24.8. The number of pyridine rings is 4. The molecule has 10 rings (SSSR count). The third-order valence-electron chi connectivity index (χ3n) is 8.81. The van der Waals surface area contributed by atoms with Crippen LogP contribution in [0.2, 0.25) is 0 Å². The fraction of sp³-hybridized carbons (Fsp3) is 0. The van der Waals surface area contributed by atoms with Gasteiger partial charge in [0, 0.05) is 68.2 Å². The van der Waals surface area contributed by atoms with Gasteiger partial charge in [-0.15, -0.1) is 0 Å². The molecule has 4 aromatic carbocycles. The van der Waals surface area contributed by atoms with Gasteiger partial charge in [0.25, 0.3) is 0 Å². The second-order valence-corrected chi connectivity index (χ2v) is 11.5. The molecule has 218 valence electrons. The van der Waals surface area contributed by atoms with Crippen molar-refractivity contribution >= 4 is 65.4 Å². The molecule has 47 heavy (non-hydrogen) atoms. The molecule has 8 heteroatoms. The SMILES string of the molecule is c1cnc2c(c1)ccc1ccc(-c3nc(-c4cccc5ccc6cccnc6c45)nc(-n4c5ncccc5c5cccnc54)n3)cc12. The fourth-order valence-corrected chi connectivity index (χ4v) is 6.68. The van der Waals surface area contributed by atoms with Crippen LogP contribution in [0.5, 0.6) is 0 Å². The van der Waals surface area contributed by atoms with Gasteiger partial charge in [-0.1, -0.05) is 66.7 Å². The Kier molecular flexibility index (Phi) is 5.41. The summed E-state index contributed by atoms with van der Waals surface area (Å²) in [7, 11) is 0. The fourth-order valence-electron chi connectivity index (χ4n) is 6.68. The zero-order valence-electron chi connectivity index (χ0n) is 24.8. The Morgan fingerprint density at radius 1 is 0.426 bits per heavy atom. The van der Waals surface area contributed by atoms with E-state index in [1.807, 2.05) is 47.3 Å². The van der Waals surface area contributed by atoms with E-state index >= 15 is 0 Å². The highest BCUT2D eigenvalue weighted by molar-refractivity contribution is 6.12. The van der Waals surface area contributed by atoms with Crippen molar-refractivity contribution in [2.45, 2.75) is 0 Å². The van der Waals surface area contributed by atoms with Gasteiger partial charge in [-0.05, 0) is 53.2 Å². The maximum absolute atomic E-state index is 5.16. The van der Waals surface area contributed by atoms with Crippen LogP contribution in [0.4, 0.5) is 0 Å². The molecule has 0 fully saturated rings. The summed E-state index contributed by atoms with van der Waals surface area (Å²) in [6.07, 6.45) is 7.22. The molecule has 10 aromatic rings. The number of benzene rings is 4. The number of fused-ring (bicyclic) bond motifs is 9. The van der Waals surface area contributed by atoms with Crippen molar-refractivity contribution in [2.75, 3.05) is 0 Å². The Balaban J connectivity index is 1.31. The van der Waals surface area contributed by atoms with Crippen molar-refractivity contribution in [3.63, 3.8) is 0 Å². The van der Waals surface area contributed by atoms with Crippen LogP contribution in [-0.2, 0) is 0 Å². The van der Waals surface area contributed by atoms with E-state index in [9.17, 15) is 0 Å². The van der Waals surface area contributed by atoms with Gasteiger partial charge in [0.15, 0.2) is 11.6 Å². The largest absolute Gasteiger partial charge is 0.256 e. The highest BCUT2D eigenvalue weighted by Crippen LogP contribution is 2.35. The highest BCUT2D eigenvalue weighted by Gasteiger charge is 2.21. The predicted molar refractivity (Wildman–Crippen MR) is 186 cm³/mol. The molecular weight excluding hydrogens is 580 g/mol. The molecule has 0 saturated heterocycles. The topological polar surface area (TPSA) is 95.2 Å². The van der Waals surface area contributed by atoms with Crippen molar-refractivity contribution in [3.05, 3.63) is 134 Å². The average Bonchev–Trinajstić information content (AvgIpc) is 3.48. The lowest BCUT2D eigenvalue weighted by Crippen LogP contribution is -2.07. The molecule has 6 heterocycles. The highest BCUT2D eigenvalue weighted by atomic mass is 15.2. The summed E-state index contributed by atoms with van der Waals surface area (Å²) in [5.41, 5.74) is 5.00. The van der Waals surface area contributed by atoms with Gasteiger partial charge in [-0.2, -0.15) is 9.97 Å². The molecule has 0 radical (unpaired) electrons. The second kappa shape index (κ2) is 9.92. The lowest BCUT2D eigenvalue weighted by molar-refractivity contribution is 0.936. The van der Waals surface area contributed by atoms with Crippen LogP contribution in [0, 0.1) is 0 Å². The van der Waals surface area contributed by atoms with Crippen LogP contribution in [-0.4, -0.2) is 39.5 Å². The summed E-state index contributed by atoms with van der Waals surface area (Å²) in [6.45, 7) is 0. The van der Waals surface area contributed by atoms with Gasteiger partial charge in [-0.25, -0.2) is 19.5 Å². The number of aromatic nitrogens is 8. The maximum atomic E-state index is 5.16. The Morgan fingerprint density at radius 2 is 1.02 bits per heavy atom. The van der Waals surface area contributed by atoms with Crippen LogP contribution in [0.25, 0.3) is 94.1 Å². The third-order valence-corrected chi connectivity index (χ3v) is 8.81. The first-order valence-electron chi connectivity index (χ1n) is 15.3. The standard InChI is InChI=1S/C39H22N8/c1-6-24-14-16-26-8-3-19-41-34(26)32(24)30(9-1)36-44-35(27-17-13-23-12-15-25-7-2-18-40-33(25)31(23)22-27)45-39(46-36)47-37-28(10-4-20-42-37)29-11-5-21-43-38(29)47/h1-22H. The van der Waals surface area contributed by atoms with Crippen molar-refractivity contribution in [2.24, 2.45) is 0 Å². The molecule has 0 bridgehead atoms. The molecule has 0 aliphatic heterocycles. The molecule has 0 saturated carbocycles. The van der Waals surface area contributed by atoms with Crippen LogP contribution in [0.15, 0.2) is 134 Å². The van der Waals surface area contributed by atoms with E-state index in [1.165, 1.54) is 0 Å². The van der Waals surface area contributed by atoms with E-state index in [-0.39, 0.29) is 0 Å². The minimum absolute atomic E-state index is 0.434. The number of nitrogens with zero attached hydrogens (tertiary/aromatic N) is 8. The molecule has 0 atom stereocenters. The number of rotatable bonds is 3. The van der Waals surface area contributed by atoms with Crippen molar-refractivity contribution in [3.8, 4) is 28.7 Å². The predicted octanol–water partition coefficient (Wildman–Crippen LogP) is 8.50. The molecular formula is C39H22N8. The van der Waals surface area contributed by atoms with Gasteiger partial charge in [-0.3, -0.25) is 9.97 Å². The maximum Gasteiger partial charge on any atom is 0.241 e. The first kappa shape index (κ1) is 25.6. The minimum Gasteiger partial charge on any atom is -0.256 e. The van der Waals surface area contributed by atoms with E-state index in [2.05, 4.69) is 78.9 Å². The van der Waals surface area contributed by atoms with Gasteiger partial charge >= 0.3 is 0 Å². The quantitative estimate of drug-likeness (QED) is 0.187. The molecule has 6 aromatic heterocycles. The van der Waals surface area contributed by atoms with Crippen molar-refractivity contribution < 1.29 is 0 Å². The Morgan fingerprint density at radius 3 is 1.81 bits per heavy atom. The summed E-state index contributed by atoms with van der Waals surface area (Å²) >= 11 is 0. The number of hydrogen-bond donors (Lipinski definition) is 0. The molecule has 8 nitrogen and oxygen atoms in total. The molecule has 0 N–H and O–H groups in total. The minimum atomic E-state index is 0.434. The van der Waals surface area contributed by atoms with Gasteiger partial charge in [0.05, 0.1) is 11.0 Å². The third kappa shape index (κ3) is 3.91. The Bertz CT molecular complexity index is 2820. The van der Waals surface area contributed by atoms with Gasteiger partial charge in [0.1, 0.15) is 11.3 Å². The summed E-state index contributed by atoms with van der Waals surface area (Å²) in [5.74, 6) is 1.50. The molecule has 0 spiro atoms. The van der Waals surface area contributed by atoms with E-state index in [0.29, 0.717) is 17.6 Å². The summed E-state index contributed by atoms with van der Waals surface area (Å²) in [4.78, 5) is 34.5. The smallest absolute Gasteiger partial charge is 0.241 e. The summed E-state index contributed by atoms with van der Waals surface area (Å²) < 4.78 is 1.93. The van der Waals surface area contributed by atoms with Crippen molar-refractivity contribution in [1.82, 2.24) is 39.5 Å². The van der Waals surface area contributed by atoms with Gasteiger partial charge in [0.2, 0.25) is 5.95 Å². The Hall–Kier alpha value is -6.67. The van der Waals surface area contributed by atoms with E-state index in [1.54, 1.807) is 12.4 Å². The van der Waals surface area contributed by atoms with Crippen LogP contribution in [0.3, 0.4) is 0 Å². The first-order chi connectivity index (χ1) is 23.3. The lowest BCUT2D eigenvalue weighted by atomic mass is 10.0. The summed E-state index contributed by atoms with van der Waals surface area (Å²) in [6, 6.07) is 36.9. The van der Waals surface area contributed by atoms with Crippen LogP contribution < -0.4 is 0 Å². The molecule has 0 aliphatic carbocycles. The molecule has 0 amide bonds. The van der Waals surface area contributed by atoms with Crippen LogP contribution >= 0.6 is 0 Å². The monoisotopic (exact) mass is 602 g/mol. The zero-order chi connectivity index (χ0) is 30.9. The van der Waals surface area contributed by atoms with Crippen molar-refractivity contribution in [1.29, 1.82) is 0 Å². The summed E-state index contributed by atoms with van der Waals surface area (Å²) in [5, 5.41) is 8.24.